The zero-order valence-electron chi connectivity index (χ0n) is 20.6. The van der Waals surface area contributed by atoms with Gasteiger partial charge in [0, 0.05) is 19.6 Å². The van der Waals surface area contributed by atoms with Gasteiger partial charge >= 0.3 is 0 Å². The molecular weight excluding hydrogens is 673 g/mol. The lowest BCUT2D eigenvalue weighted by Crippen LogP contribution is -1.85. The predicted octanol–water partition coefficient (Wildman–Crippen LogP) is 13.4. The molecule has 0 aromatic heterocycles. The molecule has 5 heterocycles. The van der Waals surface area contributed by atoms with Crippen LogP contribution in [0.4, 0.5) is 0 Å². The summed E-state index contributed by atoms with van der Waals surface area (Å²) < 4.78 is 12.2. The van der Waals surface area contributed by atoms with Crippen molar-refractivity contribution in [1.82, 2.24) is 0 Å². The lowest BCUT2D eigenvalue weighted by Gasteiger charge is -2.06. The van der Waals surface area contributed by atoms with E-state index in [0.29, 0.717) is 0 Å². The largest absolute Gasteiger partial charge is 0.118 e. The molecule has 0 atom stereocenters. The van der Waals surface area contributed by atoms with Gasteiger partial charge in [0.25, 0.3) is 0 Å². The molecule has 0 N–H and O–H groups in total. The van der Waals surface area contributed by atoms with Crippen LogP contribution in [-0.2, 0) is 0 Å². The van der Waals surface area contributed by atoms with E-state index in [1.54, 1.807) is 0 Å². The number of fused-ring (bicyclic) bond motifs is 8. The SMILES string of the molecule is CC1=C2SCCCCSC3=C(C)S/C(=C4\SC(C)=C(SCCCCSC5=C(C)SC(=C(S1)S2)S5)S4)S3. The van der Waals surface area contributed by atoms with Crippen molar-refractivity contribution in [3.05, 3.63) is 53.5 Å². The third-order valence-electron chi connectivity index (χ3n) is 5.22. The van der Waals surface area contributed by atoms with Gasteiger partial charge in [-0.2, -0.15) is 0 Å². The molecule has 0 saturated carbocycles. The van der Waals surface area contributed by atoms with Crippen molar-refractivity contribution in [3.8, 4) is 0 Å². The Morgan fingerprint density at radius 1 is 0.306 bits per heavy atom. The van der Waals surface area contributed by atoms with Crippen LogP contribution in [0.15, 0.2) is 53.5 Å². The Labute approximate surface area is 267 Å². The Morgan fingerprint density at radius 3 is 0.750 bits per heavy atom. The van der Waals surface area contributed by atoms with E-state index in [1.165, 1.54) is 102 Å². The molecule has 36 heavy (non-hydrogen) atoms. The molecule has 5 aliphatic rings. The van der Waals surface area contributed by atoms with E-state index in [1.807, 2.05) is 94.1 Å². The zero-order chi connectivity index (χ0) is 25.1. The molecule has 0 radical (unpaired) electrons. The van der Waals surface area contributed by atoms with E-state index in [0.717, 1.165) is 0 Å². The van der Waals surface area contributed by atoms with E-state index >= 15 is 0 Å². The van der Waals surface area contributed by atoms with Gasteiger partial charge in [-0.3, -0.25) is 0 Å². The minimum atomic E-state index is 1.23. The summed E-state index contributed by atoms with van der Waals surface area (Å²) in [6.45, 7) is 9.24. The van der Waals surface area contributed by atoms with Gasteiger partial charge in [-0.05, 0) is 76.4 Å². The van der Waals surface area contributed by atoms with E-state index in [2.05, 4.69) is 74.7 Å². The van der Waals surface area contributed by atoms with E-state index in [4.69, 9.17) is 0 Å². The van der Waals surface area contributed by atoms with Crippen molar-refractivity contribution in [2.75, 3.05) is 23.0 Å². The zero-order valence-corrected chi connectivity index (χ0v) is 30.4. The highest BCUT2D eigenvalue weighted by Crippen LogP contribution is 2.64. The minimum Gasteiger partial charge on any atom is -0.118 e. The summed E-state index contributed by atoms with van der Waals surface area (Å²) in [5.74, 6) is 4.93. The highest BCUT2D eigenvalue weighted by Gasteiger charge is 2.29. The summed E-state index contributed by atoms with van der Waals surface area (Å²) in [7, 11) is 0. The normalized spacial score (nSPS) is 27.7. The van der Waals surface area contributed by atoms with Crippen LogP contribution in [0.3, 0.4) is 0 Å². The van der Waals surface area contributed by atoms with Crippen LogP contribution in [0.5, 0.6) is 0 Å². The molecule has 0 saturated heterocycles. The lowest BCUT2D eigenvalue weighted by atomic mass is 10.4. The van der Waals surface area contributed by atoms with Gasteiger partial charge in [-0.15, -0.1) is 47.0 Å². The second kappa shape index (κ2) is 14.7. The summed E-state index contributed by atoms with van der Waals surface area (Å²) in [6, 6.07) is 0. The van der Waals surface area contributed by atoms with Crippen LogP contribution in [0, 0.1) is 0 Å². The Kier molecular flexibility index (Phi) is 12.3. The molecule has 5 aliphatic heterocycles. The molecule has 0 unspecified atom stereocenters. The molecule has 0 aromatic rings. The summed E-state index contributed by atoms with van der Waals surface area (Å²) in [6.07, 6.45) is 5.18. The summed E-state index contributed by atoms with van der Waals surface area (Å²) in [5, 5.41) is 0. The maximum absolute atomic E-state index is 2.31. The van der Waals surface area contributed by atoms with Crippen LogP contribution < -0.4 is 0 Å². The molecular formula is C24H28S12. The fourth-order valence-electron chi connectivity index (χ4n) is 3.36. The molecule has 8 bridgehead atoms. The van der Waals surface area contributed by atoms with Crippen LogP contribution in [0.25, 0.3) is 0 Å². The van der Waals surface area contributed by atoms with Crippen LogP contribution in [-0.4, -0.2) is 23.0 Å². The number of allylic oxidation sites excluding steroid dienone is 4. The fraction of sp³-hybridized carbons (Fsp3) is 0.500. The van der Waals surface area contributed by atoms with Crippen molar-refractivity contribution >= 4 is 141 Å². The van der Waals surface area contributed by atoms with Crippen LogP contribution >= 0.6 is 141 Å². The van der Waals surface area contributed by atoms with E-state index < -0.39 is 0 Å². The van der Waals surface area contributed by atoms with Gasteiger partial charge in [0.05, 0.1) is 33.9 Å². The highest BCUT2D eigenvalue weighted by molar-refractivity contribution is 8.41. The number of hydrogen-bond donors (Lipinski definition) is 0. The van der Waals surface area contributed by atoms with Gasteiger partial charge in [-0.25, -0.2) is 0 Å². The van der Waals surface area contributed by atoms with Crippen molar-refractivity contribution < 1.29 is 0 Å². The fourth-order valence-corrected chi connectivity index (χ4v) is 20.6. The number of thioether (sulfide) groups is 12. The Balaban J connectivity index is 1.22. The first kappa shape index (κ1) is 30.1. The Morgan fingerprint density at radius 2 is 0.528 bits per heavy atom. The monoisotopic (exact) mass is 700 g/mol. The van der Waals surface area contributed by atoms with Gasteiger partial charge in [0.15, 0.2) is 0 Å². The summed E-state index contributed by atoms with van der Waals surface area (Å²) in [5.41, 5.74) is 0. The molecule has 0 fully saturated rings. The second-order valence-electron chi connectivity index (χ2n) is 8.15. The third kappa shape index (κ3) is 7.92. The van der Waals surface area contributed by atoms with Crippen molar-refractivity contribution in [2.24, 2.45) is 0 Å². The predicted molar refractivity (Wildman–Crippen MR) is 194 cm³/mol. The maximum Gasteiger partial charge on any atom is 0.0708 e. The first-order valence-electron chi connectivity index (χ1n) is 11.7. The molecule has 196 valence electrons. The van der Waals surface area contributed by atoms with Gasteiger partial charge < -0.3 is 0 Å². The smallest absolute Gasteiger partial charge is 0.0708 e. The maximum atomic E-state index is 2.31. The number of hydrogen-bond acceptors (Lipinski definition) is 12. The van der Waals surface area contributed by atoms with Gasteiger partial charge in [-0.1, -0.05) is 94.1 Å². The molecule has 0 spiro atoms. The molecule has 12 heteroatoms. The molecule has 0 aromatic carbocycles. The Hall–Kier alpha value is 2.64. The molecule has 5 rings (SSSR count). The quantitative estimate of drug-likeness (QED) is 0.236. The second-order valence-corrected chi connectivity index (χ2v) is 23.6. The minimum absolute atomic E-state index is 1.23. The average molecular weight is 701 g/mol. The topological polar surface area (TPSA) is 0 Å². The Bertz CT molecular complexity index is 920. The standard InChI is InChI=1S/C24H28S12/c1-13-17-25-9-5-6-10-27-19-15(3)31-23(35-19)24-32-16(4)20(36-24)28-12-8-7-11-26-18-14(2)30-22(34-18)21(29-13)33-17/h5-12H2,1-4H3/b22-21-,24-23?. The van der Waals surface area contributed by atoms with Crippen molar-refractivity contribution in [3.63, 3.8) is 0 Å². The summed E-state index contributed by atoms with van der Waals surface area (Å²) in [4.78, 5) is 6.00. The third-order valence-corrected chi connectivity index (χ3v) is 23.1. The van der Waals surface area contributed by atoms with Gasteiger partial charge in [0.1, 0.15) is 0 Å². The van der Waals surface area contributed by atoms with Crippen molar-refractivity contribution in [1.29, 1.82) is 0 Å². The highest BCUT2D eigenvalue weighted by atomic mass is 32.3. The number of rotatable bonds is 0. The molecule has 0 amide bonds. The van der Waals surface area contributed by atoms with E-state index in [-0.39, 0.29) is 0 Å². The van der Waals surface area contributed by atoms with Crippen LogP contribution in [0.1, 0.15) is 53.4 Å². The summed E-state index contributed by atoms with van der Waals surface area (Å²) >= 11 is 24.4. The first-order chi connectivity index (χ1) is 17.5. The van der Waals surface area contributed by atoms with E-state index in [9.17, 15) is 0 Å². The molecule has 0 nitrogen and oxygen atoms in total. The van der Waals surface area contributed by atoms with Gasteiger partial charge in [0.2, 0.25) is 0 Å². The lowest BCUT2D eigenvalue weighted by molar-refractivity contribution is 0.910. The molecule has 0 aliphatic carbocycles. The van der Waals surface area contributed by atoms with Crippen LogP contribution in [0.2, 0.25) is 0 Å². The van der Waals surface area contributed by atoms with Crippen molar-refractivity contribution in [2.45, 2.75) is 53.4 Å². The average Bonchev–Trinajstić information content (AvgIpc) is 3.60. The first-order valence-corrected chi connectivity index (χ1v) is 22.2.